The third-order valence-corrected chi connectivity index (χ3v) is 7.27. The summed E-state index contributed by atoms with van der Waals surface area (Å²) in [5, 5.41) is 9.33. The van der Waals surface area contributed by atoms with Gasteiger partial charge in [-0.15, -0.1) is 0 Å². The van der Waals surface area contributed by atoms with Crippen molar-refractivity contribution in [3.05, 3.63) is 74.6 Å². The van der Waals surface area contributed by atoms with Gasteiger partial charge in [-0.05, 0) is 50.7 Å². The second-order valence-electron chi connectivity index (χ2n) is 9.73. The summed E-state index contributed by atoms with van der Waals surface area (Å²) in [6.07, 6.45) is 2.71. The molecular formula is C28H33N5O4. The highest BCUT2D eigenvalue weighted by atomic mass is 16.5. The zero-order valence-corrected chi connectivity index (χ0v) is 21.6. The largest absolute Gasteiger partial charge is 0.474 e. The van der Waals surface area contributed by atoms with Crippen LogP contribution in [0, 0.1) is 12.8 Å². The van der Waals surface area contributed by atoms with Gasteiger partial charge < -0.3 is 14.4 Å². The Bertz CT molecular complexity index is 1540. The first-order valence-electron chi connectivity index (χ1n) is 13.0. The van der Waals surface area contributed by atoms with Crippen molar-refractivity contribution in [2.75, 3.05) is 6.61 Å². The molecule has 0 aliphatic heterocycles. The van der Waals surface area contributed by atoms with Gasteiger partial charge in [0.2, 0.25) is 5.88 Å². The maximum absolute atomic E-state index is 13.7. The van der Waals surface area contributed by atoms with Crippen LogP contribution in [0.2, 0.25) is 0 Å². The number of aryl methyl sites for hydroxylation is 2. The van der Waals surface area contributed by atoms with E-state index in [1.807, 2.05) is 60.9 Å². The summed E-state index contributed by atoms with van der Waals surface area (Å²) in [6, 6.07) is 13.6. The van der Waals surface area contributed by atoms with Gasteiger partial charge in [-0.2, -0.15) is 0 Å². The second-order valence-corrected chi connectivity index (χ2v) is 9.73. The van der Waals surface area contributed by atoms with Crippen molar-refractivity contribution >= 4 is 11.2 Å². The second kappa shape index (κ2) is 10.3. The molecule has 37 heavy (non-hydrogen) atoms. The van der Waals surface area contributed by atoms with Gasteiger partial charge in [0.25, 0.3) is 5.56 Å². The first kappa shape index (κ1) is 25.0. The van der Waals surface area contributed by atoms with Crippen molar-refractivity contribution in [2.24, 2.45) is 5.92 Å². The lowest BCUT2D eigenvalue weighted by atomic mass is 9.84. The zero-order chi connectivity index (χ0) is 26.1. The van der Waals surface area contributed by atoms with Crippen LogP contribution in [0.5, 0.6) is 5.88 Å². The molecule has 1 fully saturated rings. The molecule has 3 aromatic heterocycles. The predicted molar refractivity (Wildman–Crippen MR) is 142 cm³/mol. The highest BCUT2D eigenvalue weighted by molar-refractivity contribution is 5.78. The van der Waals surface area contributed by atoms with E-state index in [0.29, 0.717) is 48.3 Å². The number of fused-ring (bicyclic) bond motifs is 1. The van der Waals surface area contributed by atoms with Gasteiger partial charge in [0.1, 0.15) is 11.9 Å². The molecule has 1 aliphatic rings. The van der Waals surface area contributed by atoms with E-state index in [1.165, 1.54) is 15.6 Å². The third-order valence-electron chi connectivity index (χ3n) is 7.27. The Morgan fingerprint density at radius 1 is 1.03 bits per heavy atom. The van der Waals surface area contributed by atoms with Crippen LogP contribution in [0.1, 0.15) is 44.4 Å². The molecule has 1 N–H and O–H groups in total. The fourth-order valence-corrected chi connectivity index (χ4v) is 4.93. The molecule has 9 heteroatoms. The van der Waals surface area contributed by atoms with Crippen molar-refractivity contribution in [1.82, 2.24) is 23.7 Å². The molecule has 0 amide bonds. The molecule has 9 nitrogen and oxygen atoms in total. The lowest BCUT2D eigenvalue weighted by Crippen LogP contribution is -2.40. The van der Waals surface area contributed by atoms with E-state index in [4.69, 9.17) is 14.7 Å². The van der Waals surface area contributed by atoms with Crippen LogP contribution < -0.4 is 16.0 Å². The van der Waals surface area contributed by atoms with Gasteiger partial charge in [0.05, 0.1) is 5.69 Å². The number of imidazole rings is 1. The van der Waals surface area contributed by atoms with Gasteiger partial charge in [-0.3, -0.25) is 13.9 Å². The Morgan fingerprint density at radius 3 is 2.43 bits per heavy atom. The fraction of sp³-hybridized carbons (Fsp3) is 0.429. The molecule has 2 unspecified atom stereocenters. The highest BCUT2D eigenvalue weighted by Gasteiger charge is 2.29. The van der Waals surface area contributed by atoms with E-state index >= 15 is 0 Å². The Hall–Kier alpha value is -3.72. The first-order chi connectivity index (χ1) is 17.9. The van der Waals surface area contributed by atoms with Crippen LogP contribution >= 0.6 is 0 Å². The van der Waals surface area contributed by atoms with Gasteiger partial charge in [-0.25, -0.2) is 14.8 Å². The van der Waals surface area contributed by atoms with E-state index < -0.39 is 11.2 Å². The molecule has 0 saturated heterocycles. The summed E-state index contributed by atoms with van der Waals surface area (Å²) in [5.74, 6) is 1.68. The minimum atomic E-state index is -0.419. The molecule has 0 bridgehead atoms. The summed E-state index contributed by atoms with van der Waals surface area (Å²) in [5.41, 5.74) is 2.41. The topological polar surface area (TPSA) is 104 Å². The van der Waals surface area contributed by atoms with Crippen molar-refractivity contribution in [3.63, 3.8) is 0 Å². The van der Waals surface area contributed by atoms with Crippen LogP contribution in [0.15, 0.2) is 52.1 Å². The summed E-state index contributed by atoms with van der Waals surface area (Å²) >= 11 is 0. The van der Waals surface area contributed by atoms with Crippen LogP contribution in [0.25, 0.3) is 22.6 Å². The molecule has 1 aromatic carbocycles. The summed E-state index contributed by atoms with van der Waals surface area (Å²) < 4.78 is 10.7. The maximum atomic E-state index is 13.7. The van der Waals surface area contributed by atoms with Gasteiger partial charge in [0, 0.05) is 37.9 Å². The van der Waals surface area contributed by atoms with Gasteiger partial charge >= 0.3 is 5.69 Å². The standard InChI is InChI=1S/C28H33N5O4/c1-4-31-26-24(27(35)32(28(31)36)15-8-16-34)33(17-20-9-6-5-7-10-20)25(30-26)21-12-14-23(29-19(21)3)37-22-13-11-18(22)2/h5-7,9-10,12,14,18,22,34H,4,8,11,13,15-17H2,1-3H3. The smallest absolute Gasteiger partial charge is 0.332 e. The van der Waals surface area contributed by atoms with E-state index in [2.05, 4.69) is 6.92 Å². The summed E-state index contributed by atoms with van der Waals surface area (Å²) in [6.45, 7) is 6.75. The molecule has 0 radical (unpaired) electrons. The highest BCUT2D eigenvalue weighted by Crippen LogP contribution is 2.32. The molecule has 194 valence electrons. The number of benzene rings is 1. The number of hydrogen-bond donors (Lipinski definition) is 1. The Labute approximate surface area is 215 Å². The first-order valence-corrected chi connectivity index (χ1v) is 13.0. The number of nitrogens with zero attached hydrogens (tertiary/aromatic N) is 5. The Balaban J connectivity index is 1.70. The number of pyridine rings is 1. The Kier molecular flexibility index (Phi) is 6.97. The van der Waals surface area contributed by atoms with Gasteiger partial charge in [0.15, 0.2) is 11.2 Å². The van der Waals surface area contributed by atoms with E-state index in [1.54, 1.807) is 0 Å². The van der Waals surface area contributed by atoms with Crippen LogP contribution in [-0.4, -0.2) is 41.5 Å². The third kappa shape index (κ3) is 4.59. The average Bonchev–Trinajstić information content (AvgIpc) is 3.25. The van der Waals surface area contributed by atoms with Crippen molar-refractivity contribution in [2.45, 2.75) is 65.8 Å². The molecule has 1 aliphatic carbocycles. The number of aliphatic hydroxyl groups is 1. The van der Waals surface area contributed by atoms with E-state index in [-0.39, 0.29) is 19.3 Å². The predicted octanol–water partition coefficient (Wildman–Crippen LogP) is 3.36. The van der Waals surface area contributed by atoms with Crippen molar-refractivity contribution in [1.29, 1.82) is 0 Å². The van der Waals surface area contributed by atoms with E-state index in [0.717, 1.165) is 23.2 Å². The molecule has 3 heterocycles. The van der Waals surface area contributed by atoms with Gasteiger partial charge in [-0.1, -0.05) is 37.3 Å². The molecule has 0 spiro atoms. The van der Waals surface area contributed by atoms with Crippen molar-refractivity contribution < 1.29 is 9.84 Å². The zero-order valence-electron chi connectivity index (χ0n) is 21.6. The normalized spacial score (nSPS) is 17.2. The quantitative estimate of drug-likeness (QED) is 0.376. The van der Waals surface area contributed by atoms with E-state index in [9.17, 15) is 14.7 Å². The summed E-state index contributed by atoms with van der Waals surface area (Å²) in [7, 11) is 0. The monoisotopic (exact) mass is 503 g/mol. The van der Waals surface area contributed by atoms with Crippen LogP contribution in [0.4, 0.5) is 0 Å². The summed E-state index contributed by atoms with van der Waals surface area (Å²) in [4.78, 5) is 36.5. The lowest BCUT2D eigenvalue weighted by Gasteiger charge is -2.33. The number of rotatable bonds is 9. The lowest BCUT2D eigenvalue weighted by molar-refractivity contribution is 0.0534. The molecular weight excluding hydrogens is 470 g/mol. The maximum Gasteiger partial charge on any atom is 0.332 e. The number of ether oxygens (including phenoxy) is 1. The van der Waals surface area contributed by atoms with Crippen molar-refractivity contribution in [3.8, 4) is 17.3 Å². The minimum Gasteiger partial charge on any atom is -0.474 e. The van der Waals surface area contributed by atoms with Crippen LogP contribution in [0.3, 0.4) is 0 Å². The molecule has 4 aromatic rings. The SMILES string of the molecule is CCn1c(=O)n(CCCO)c(=O)c2c1nc(-c1ccc(OC3CCC3C)nc1C)n2Cc1ccccc1. The molecule has 2 atom stereocenters. The molecule has 1 saturated carbocycles. The molecule has 5 rings (SSSR count). The minimum absolute atomic E-state index is 0.108. The number of aromatic nitrogens is 5. The number of hydrogen-bond acceptors (Lipinski definition) is 6. The van der Waals surface area contributed by atoms with Crippen LogP contribution in [-0.2, 0) is 19.6 Å². The average molecular weight is 504 g/mol. The Morgan fingerprint density at radius 2 is 1.81 bits per heavy atom. The fourth-order valence-electron chi connectivity index (χ4n) is 4.93. The number of aliphatic hydroxyl groups excluding tert-OH is 1.